The van der Waals surface area contributed by atoms with E-state index >= 15 is 0 Å². The van der Waals surface area contributed by atoms with E-state index in [9.17, 15) is 0 Å². The zero-order valence-electron chi connectivity index (χ0n) is 13.8. The van der Waals surface area contributed by atoms with Crippen LogP contribution in [-0.2, 0) is 13.0 Å². The van der Waals surface area contributed by atoms with Gasteiger partial charge in [0.25, 0.3) is 0 Å². The highest BCUT2D eigenvalue weighted by atomic mass is 32.1. The van der Waals surface area contributed by atoms with Crippen molar-refractivity contribution < 1.29 is 0 Å². The first-order chi connectivity index (χ1) is 10.5. The van der Waals surface area contributed by atoms with E-state index in [1.165, 1.54) is 37.7 Å². The summed E-state index contributed by atoms with van der Waals surface area (Å²) in [5, 5.41) is 0. The van der Waals surface area contributed by atoms with Gasteiger partial charge in [0.1, 0.15) is 0 Å². The van der Waals surface area contributed by atoms with Crippen LogP contribution in [0.1, 0.15) is 34.7 Å². The Hall–Kier alpha value is -1.80. The number of nitrogens with zero attached hydrogens (tertiary/aromatic N) is 1. The summed E-state index contributed by atoms with van der Waals surface area (Å²) < 4.78 is 0. The molecule has 2 aromatic rings. The second-order valence-corrected chi connectivity index (χ2v) is 7.49. The van der Waals surface area contributed by atoms with Crippen LogP contribution in [0.15, 0.2) is 53.6 Å². The van der Waals surface area contributed by atoms with E-state index < -0.39 is 0 Å². The highest BCUT2D eigenvalue weighted by Gasteiger charge is 2.15. The number of aryl methyl sites for hydroxylation is 1. The maximum atomic E-state index is 2.38. The normalized spacial score (nSPS) is 21.5. The van der Waals surface area contributed by atoms with E-state index in [0.29, 0.717) is 0 Å². The number of rotatable bonds is 1. The van der Waals surface area contributed by atoms with E-state index in [-0.39, 0.29) is 0 Å². The van der Waals surface area contributed by atoms with Gasteiger partial charge in [-0.05, 0) is 62.1 Å². The van der Waals surface area contributed by atoms with Crippen molar-refractivity contribution in [3.05, 3.63) is 74.5 Å². The average Bonchev–Trinajstić information content (AvgIpc) is 2.92. The number of thiophene rings is 1. The first-order valence-corrected chi connectivity index (χ1v) is 8.59. The van der Waals surface area contributed by atoms with Gasteiger partial charge in [0, 0.05) is 18.5 Å². The van der Waals surface area contributed by atoms with Gasteiger partial charge in [-0.3, -0.25) is 0 Å². The highest BCUT2D eigenvalue weighted by molar-refractivity contribution is 7.13. The van der Waals surface area contributed by atoms with E-state index in [2.05, 4.69) is 75.2 Å². The van der Waals surface area contributed by atoms with Gasteiger partial charge in [-0.1, -0.05) is 29.8 Å². The Morgan fingerprint density at radius 3 is 2.36 bits per heavy atom. The predicted octanol–water partition coefficient (Wildman–Crippen LogP) is 5.42. The van der Waals surface area contributed by atoms with Gasteiger partial charge in [-0.2, -0.15) is 0 Å². The van der Waals surface area contributed by atoms with Crippen LogP contribution in [0, 0.1) is 6.92 Å². The third kappa shape index (κ3) is 3.02. The standard InChI is InChI=1S/C20H23NS/c1-14-11-17-7-5-6-8-18(17)13-21(4)19(12-15(14)2)20-10-9-16(3)22-20/h5-10,12H,11,13H2,1-4H3/b15-14+,19-12-. The number of hydrogen-bond acceptors (Lipinski definition) is 2. The third-order valence-electron chi connectivity index (χ3n) is 4.41. The molecule has 0 saturated heterocycles. The SMILES string of the molecule is CC1=C(/C)Cc2ccccc2CN(C)/C(c2ccc(C)s2)=C\1. The molecule has 0 aliphatic carbocycles. The Labute approximate surface area is 137 Å². The molecule has 1 aliphatic heterocycles. The molecule has 0 atom stereocenters. The van der Waals surface area contributed by atoms with Gasteiger partial charge in [0.2, 0.25) is 0 Å². The van der Waals surface area contributed by atoms with Crippen LogP contribution < -0.4 is 0 Å². The molecule has 0 amide bonds. The summed E-state index contributed by atoms with van der Waals surface area (Å²) in [6, 6.07) is 13.3. The van der Waals surface area contributed by atoms with E-state index in [4.69, 9.17) is 0 Å². The van der Waals surface area contributed by atoms with Gasteiger partial charge in [0.15, 0.2) is 0 Å². The largest absolute Gasteiger partial charge is 0.369 e. The predicted molar refractivity (Wildman–Crippen MR) is 97.0 cm³/mol. The summed E-state index contributed by atoms with van der Waals surface area (Å²) >= 11 is 1.87. The first-order valence-electron chi connectivity index (χ1n) is 7.77. The molecule has 0 fully saturated rings. The minimum Gasteiger partial charge on any atom is -0.369 e. The van der Waals surface area contributed by atoms with Crippen LogP contribution in [0.2, 0.25) is 0 Å². The van der Waals surface area contributed by atoms with E-state index in [1.54, 1.807) is 0 Å². The Morgan fingerprint density at radius 2 is 1.68 bits per heavy atom. The van der Waals surface area contributed by atoms with Gasteiger partial charge >= 0.3 is 0 Å². The second-order valence-electron chi connectivity index (χ2n) is 6.20. The highest BCUT2D eigenvalue weighted by Crippen LogP contribution is 2.31. The molecule has 0 N–H and O–H groups in total. The van der Waals surface area contributed by atoms with Crippen LogP contribution in [0.5, 0.6) is 0 Å². The number of benzene rings is 1. The monoisotopic (exact) mass is 309 g/mol. The molecule has 1 nitrogen and oxygen atoms in total. The van der Waals surface area contributed by atoms with Gasteiger partial charge in [-0.25, -0.2) is 0 Å². The maximum Gasteiger partial charge on any atom is 0.0544 e. The number of allylic oxidation sites excluding steroid dienone is 3. The van der Waals surface area contributed by atoms with Crippen molar-refractivity contribution in [2.24, 2.45) is 0 Å². The average molecular weight is 309 g/mol. The molecule has 1 aliphatic rings. The van der Waals surface area contributed by atoms with Crippen LogP contribution in [0.4, 0.5) is 0 Å². The van der Waals surface area contributed by atoms with Crippen molar-refractivity contribution in [3.8, 4) is 0 Å². The quantitative estimate of drug-likeness (QED) is 0.679. The lowest BCUT2D eigenvalue weighted by Gasteiger charge is -2.23. The van der Waals surface area contributed by atoms with Crippen molar-refractivity contribution in [2.45, 2.75) is 33.7 Å². The molecule has 0 unspecified atom stereocenters. The third-order valence-corrected chi connectivity index (χ3v) is 5.44. The summed E-state index contributed by atoms with van der Waals surface area (Å²) in [6.45, 7) is 7.62. The Balaban J connectivity index is 2.10. The molecule has 0 spiro atoms. The van der Waals surface area contributed by atoms with Crippen LogP contribution in [-0.4, -0.2) is 11.9 Å². The van der Waals surface area contributed by atoms with Crippen molar-refractivity contribution >= 4 is 17.0 Å². The van der Waals surface area contributed by atoms with E-state index in [0.717, 1.165) is 13.0 Å². The molecular weight excluding hydrogens is 286 g/mol. The van der Waals surface area contributed by atoms with Crippen LogP contribution in [0.3, 0.4) is 0 Å². The zero-order chi connectivity index (χ0) is 15.7. The maximum absolute atomic E-state index is 2.38. The fourth-order valence-corrected chi connectivity index (χ4v) is 3.86. The van der Waals surface area contributed by atoms with E-state index in [1.807, 2.05) is 11.3 Å². The summed E-state index contributed by atoms with van der Waals surface area (Å²) in [4.78, 5) is 5.10. The van der Waals surface area contributed by atoms with Crippen molar-refractivity contribution in [1.82, 2.24) is 4.90 Å². The van der Waals surface area contributed by atoms with Crippen LogP contribution in [0.25, 0.3) is 5.70 Å². The Morgan fingerprint density at radius 1 is 0.955 bits per heavy atom. The molecule has 0 saturated carbocycles. The number of hydrogen-bond donors (Lipinski definition) is 0. The lowest BCUT2D eigenvalue weighted by molar-refractivity contribution is 0.475. The van der Waals surface area contributed by atoms with Crippen molar-refractivity contribution in [1.29, 1.82) is 0 Å². The van der Waals surface area contributed by atoms with Crippen molar-refractivity contribution in [3.63, 3.8) is 0 Å². The molecule has 1 aromatic carbocycles. The van der Waals surface area contributed by atoms with Crippen molar-refractivity contribution in [2.75, 3.05) is 7.05 Å². The molecule has 22 heavy (non-hydrogen) atoms. The first kappa shape index (κ1) is 15.1. The minimum atomic E-state index is 0.958. The van der Waals surface area contributed by atoms with Gasteiger partial charge < -0.3 is 4.90 Å². The molecule has 114 valence electrons. The zero-order valence-corrected chi connectivity index (χ0v) is 14.6. The Kier molecular flexibility index (Phi) is 4.21. The summed E-state index contributed by atoms with van der Waals surface area (Å²) in [6.07, 6.45) is 3.40. The molecule has 3 rings (SSSR count). The topological polar surface area (TPSA) is 3.24 Å². The molecular formula is C20H23NS. The molecule has 0 bridgehead atoms. The summed E-state index contributed by atoms with van der Waals surface area (Å²) in [7, 11) is 2.20. The fourth-order valence-electron chi connectivity index (χ4n) is 2.92. The van der Waals surface area contributed by atoms with Gasteiger partial charge in [-0.15, -0.1) is 11.3 Å². The summed E-state index contributed by atoms with van der Waals surface area (Å²) in [5.74, 6) is 0. The summed E-state index contributed by atoms with van der Waals surface area (Å²) in [5.41, 5.74) is 7.03. The fraction of sp³-hybridized carbons (Fsp3) is 0.300. The van der Waals surface area contributed by atoms with Crippen LogP contribution >= 0.6 is 11.3 Å². The lowest BCUT2D eigenvalue weighted by Crippen LogP contribution is -2.16. The molecule has 1 aromatic heterocycles. The molecule has 2 heterocycles. The second kappa shape index (κ2) is 6.13. The molecule has 0 radical (unpaired) electrons. The molecule has 2 heteroatoms. The lowest BCUT2D eigenvalue weighted by atomic mass is 9.98. The minimum absolute atomic E-state index is 0.958. The number of fused-ring (bicyclic) bond motifs is 1. The Bertz CT molecular complexity index is 749. The smallest absolute Gasteiger partial charge is 0.0544 e. The van der Waals surface area contributed by atoms with Gasteiger partial charge in [0.05, 0.1) is 10.6 Å².